The van der Waals surface area contributed by atoms with Gasteiger partial charge in [-0.25, -0.2) is 0 Å². The number of halogens is 1. The molecule has 1 spiro atoms. The van der Waals surface area contributed by atoms with Crippen molar-refractivity contribution in [2.24, 2.45) is 0 Å². The molecule has 4 rings (SSSR count). The van der Waals surface area contributed by atoms with Crippen LogP contribution in [-0.4, -0.2) is 47.5 Å². The summed E-state index contributed by atoms with van der Waals surface area (Å²) in [6.45, 7) is 3.38. The van der Waals surface area contributed by atoms with Crippen molar-refractivity contribution < 1.29 is 14.3 Å². The van der Waals surface area contributed by atoms with Crippen LogP contribution in [0.4, 0.5) is 0 Å². The minimum absolute atomic E-state index is 0.186. The fourth-order valence-electron chi connectivity index (χ4n) is 3.62. The second-order valence-electron chi connectivity index (χ2n) is 6.49. The van der Waals surface area contributed by atoms with Crippen molar-refractivity contribution >= 4 is 28.4 Å². The fraction of sp³-hybridized carbons (Fsp3) is 0.500. The van der Waals surface area contributed by atoms with Crippen LogP contribution in [0, 0.1) is 0 Å². The molecule has 2 aliphatic rings. The number of ether oxygens (including phenoxy) is 2. The molecule has 2 fully saturated rings. The van der Waals surface area contributed by atoms with Crippen molar-refractivity contribution in [2.75, 3.05) is 26.3 Å². The van der Waals surface area contributed by atoms with Gasteiger partial charge in [0.15, 0.2) is 5.79 Å². The summed E-state index contributed by atoms with van der Waals surface area (Å²) >= 11 is 6.02. The Labute approximate surface area is 146 Å². The Kier molecular flexibility index (Phi) is 4.24. The summed E-state index contributed by atoms with van der Waals surface area (Å²) in [5.74, 6) is -0.337. The number of amides is 1. The lowest BCUT2D eigenvalue weighted by Gasteiger charge is -2.22. The maximum atomic E-state index is 12.4. The maximum Gasteiger partial charge on any atom is 0.222 e. The van der Waals surface area contributed by atoms with E-state index in [2.05, 4.69) is 16.8 Å². The van der Waals surface area contributed by atoms with Crippen molar-refractivity contribution in [3.05, 3.63) is 35.5 Å². The minimum Gasteiger partial charge on any atom is -0.347 e. The zero-order chi connectivity index (χ0) is 16.6. The third-order valence-corrected chi connectivity index (χ3v) is 5.12. The van der Waals surface area contributed by atoms with Gasteiger partial charge in [-0.1, -0.05) is 11.6 Å². The first-order valence-corrected chi connectivity index (χ1v) is 8.83. The number of likely N-dealkylation sites (tertiary alicyclic amines) is 1. The molecular weight excluding hydrogens is 328 g/mol. The molecule has 0 atom stereocenters. The van der Waals surface area contributed by atoms with Gasteiger partial charge in [0.2, 0.25) is 5.91 Å². The average molecular weight is 349 g/mol. The van der Waals surface area contributed by atoms with E-state index in [9.17, 15) is 4.79 Å². The average Bonchev–Trinajstić information content (AvgIpc) is 3.29. The van der Waals surface area contributed by atoms with E-state index in [4.69, 9.17) is 21.1 Å². The van der Waals surface area contributed by atoms with Crippen molar-refractivity contribution in [3.63, 3.8) is 0 Å². The standard InChI is InChI=1S/C18H21ClN2O3/c19-15-3-4-16-14(12-15)5-8-20(16)7-1-2-17(22)21-9-6-18(13-21)23-10-11-24-18/h3-5,8,12H,1-2,6-7,9-11,13H2. The summed E-state index contributed by atoms with van der Waals surface area (Å²) in [7, 11) is 0. The zero-order valence-electron chi connectivity index (χ0n) is 13.5. The van der Waals surface area contributed by atoms with Gasteiger partial charge in [0.25, 0.3) is 0 Å². The summed E-state index contributed by atoms with van der Waals surface area (Å²) in [4.78, 5) is 14.3. The van der Waals surface area contributed by atoms with Crippen LogP contribution < -0.4 is 0 Å². The molecule has 128 valence electrons. The van der Waals surface area contributed by atoms with Gasteiger partial charge in [-0.05, 0) is 30.7 Å². The van der Waals surface area contributed by atoms with Gasteiger partial charge in [0, 0.05) is 48.1 Å². The highest BCUT2D eigenvalue weighted by atomic mass is 35.5. The fourth-order valence-corrected chi connectivity index (χ4v) is 3.80. The molecule has 0 aliphatic carbocycles. The number of fused-ring (bicyclic) bond motifs is 1. The number of carbonyl (C=O) groups excluding carboxylic acids is 1. The maximum absolute atomic E-state index is 12.4. The van der Waals surface area contributed by atoms with E-state index < -0.39 is 5.79 Å². The Bertz CT molecular complexity index is 752. The molecule has 2 aromatic rings. The molecule has 1 amide bonds. The van der Waals surface area contributed by atoms with Crippen LogP contribution in [0.15, 0.2) is 30.5 Å². The number of benzene rings is 1. The van der Waals surface area contributed by atoms with E-state index in [1.54, 1.807) is 0 Å². The predicted molar refractivity (Wildman–Crippen MR) is 92.0 cm³/mol. The van der Waals surface area contributed by atoms with Crippen LogP contribution in [0.1, 0.15) is 19.3 Å². The van der Waals surface area contributed by atoms with E-state index in [-0.39, 0.29) is 5.91 Å². The number of carbonyl (C=O) groups is 1. The molecule has 24 heavy (non-hydrogen) atoms. The van der Waals surface area contributed by atoms with Gasteiger partial charge >= 0.3 is 0 Å². The van der Waals surface area contributed by atoms with Crippen LogP contribution in [0.25, 0.3) is 10.9 Å². The van der Waals surface area contributed by atoms with Gasteiger partial charge in [-0.3, -0.25) is 4.79 Å². The molecule has 0 saturated carbocycles. The zero-order valence-corrected chi connectivity index (χ0v) is 14.3. The van der Waals surface area contributed by atoms with Crippen LogP contribution >= 0.6 is 11.6 Å². The van der Waals surface area contributed by atoms with E-state index >= 15 is 0 Å². The van der Waals surface area contributed by atoms with Gasteiger partial charge in [-0.2, -0.15) is 0 Å². The lowest BCUT2D eigenvalue weighted by Crippen LogP contribution is -2.36. The number of aromatic nitrogens is 1. The Balaban J connectivity index is 1.31. The molecule has 3 heterocycles. The molecule has 0 radical (unpaired) electrons. The summed E-state index contributed by atoms with van der Waals surface area (Å²) in [6.07, 6.45) is 4.19. The molecule has 6 heteroatoms. The van der Waals surface area contributed by atoms with Gasteiger partial charge in [-0.15, -0.1) is 0 Å². The second-order valence-corrected chi connectivity index (χ2v) is 6.93. The highest BCUT2D eigenvalue weighted by molar-refractivity contribution is 6.31. The minimum atomic E-state index is -0.522. The third-order valence-electron chi connectivity index (χ3n) is 4.88. The molecular formula is C18H21ClN2O3. The number of nitrogens with zero attached hydrogens (tertiary/aromatic N) is 2. The Morgan fingerprint density at radius 2 is 2.08 bits per heavy atom. The molecule has 0 N–H and O–H groups in total. The molecule has 5 nitrogen and oxygen atoms in total. The molecule has 0 unspecified atom stereocenters. The van der Waals surface area contributed by atoms with E-state index in [0.717, 1.165) is 41.9 Å². The number of hydrogen-bond acceptors (Lipinski definition) is 3. The highest BCUT2D eigenvalue weighted by Crippen LogP contribution is 2.30. The highest BCUT2D eigenvalue weighted by Gasteiger charge is 2.44. The van der Waals surface area contributed by atoms with Gasteiger partial charge in [0.1, 0.15) is 0 Å². The van der Waals surface area contributed by atoms with E-state index in [1.807, 2.05) is 23.1 Å². The van der Waals surface area contributed by atoms with Gasteiger partial charge in [0.05, 0.1) is 19.8 Å². The van der Waals surface area contributed by atoms with Crippen molar-refractivity contribution in [1.82, 2.24) is 9.47 Å². The van der Waals surface area contributed by atoms with Crippen LogP contribution in [0.3, 0.4) is 0 Å². The second kappa shape index (κ2) is 6.39. The summed E-state index contributed by atoms with van der Waals surface area (Å²) in [6, 6.07) is 7.95. The van der Waals surface area contributed by atoms with E-state index in [0.29, 0.717) is 26.2 Å². The first kappa shape index (κ1) is 15.9. The molecule has 2 saturated heterocycles. The molecule has 0 bridgehead atoms. The molecule has 1 aromatic carbocycles. The van der Waals surface area contributed by atoms with Crippen molar-refractivity contribution in [2.45, 2.75) is 31.6 Å². The van der Waals surface area contributed by atoms with E-state index in [1.165, 1.54) is 0 Å². The van der Waals surface area contributed by atoms with Gasteiger partial charge < -0.3 is 18.9 Å². The van der Waals surface area contributed by atoms with Crippen LogP contribution in [0.5, 0.6) is 0 Å². The Morgan fingerprint density at radius 1 is 1.25 bits per heavy atom. The lowest BCUT2D eigenvalue weighted by molar-refractivity contribution is -0.152. The summed E-state index contributed by atoms with van der Waals surface area (Å²) in [5, 5.41) is 1.88. The Morgan fingerprint density at radius 3 is 2.92 bits per heavy atom. The number of rotatable bonds is 4. The first-order chi connectivity index (χ1) is 11.7. The predicted octanol–water partition coefficient (Wildman–Crippen LogP) is 3.05. The lowest BCUT2D eigenvalue weighted by atomic mass is 10.2. The summed E-state index contributed by atoms with van der Waals surface area (Å²) in [5.41, 5.74) is 1.15. The van der Waals surface area contributed by atoms with Crippen molar-refractivity contribution in [1.29, 1.82) is 0 Å². The first-order valence-electron chi connectivity index (χ1n) is 8.45. The third kappa shape index (κ3) is 3.04. The molecule has 1 aromatic heterocycles. The SMILES string of the molecule is O=C(CCCn1ccc2cc(Cl)ccc21)N1CCC2(C1)OCCO2. The van der Waals surface area contributed by atoms with Crippen LogP contribution in [-0.2, 0) is 20.8 Å². The normalized spacial score (nSPS) is 19.6. The smallest absolute Gasteiger partial charge is 0.222 e. The monoisotopic (exact) mass is 348 g/mol. The Hall–Kier alpha value is -1.56. The number of hydrogen-bond donors (Lipinski definition) is 0. The topological polar surface area (TPSA) is 43.7 Å². The number of aryl methyl sites for hydroxylation is 1. The largest absolute Gasteiger partial charge is 0.347 e. The quantitative estimate of drug-likeness (QED) is 0.853. The van der Waals surface area contributed by atoms with Crippen LogP contribution in [0.2, 0.25) is 5.02 Å². The molecule has 2 aliphatic heterocycles. The van der Waals surface area contributed by atoms with Crippen molar-refractivity contribution in [3.8, 4) is 0 Å². The summed E-state index contributed by atoms with van der Waals surface area (Å²) < 4.78 is 13.5.